The third kappa shape index (κ3) is 1.92. The monoisotopic (exact) mass is 282 g/mol. The second-order valence-electron chi connectivity index (χ2n) is 5.15. The number of aliphatic hydroxyl groups excluding tert-OH is 1. The molecule has 0 bridgehead atoms. The van der Waals surface area contributed by atoms with Crippen molar-refractivity contribution >= 4 is 22.2 Å². The van der Waals surface area contributed by atoms with Crippen molar-refractivity contribution in [2.45, 2.75) is 25.4 Å². The second-order valence-corrected chi connectivity index (χ2v) is 6.18. The van der Waals surface area contributed by atoms with Crippen molar-refractivity contribution in [2.24, 2.45) is 0 Å². The molecule has 0 fully saturated rings. The van der Waals surface area contributed by atoms with E-state index in [4.69, 9.17) is 4.98 Å². The van der Waals surface area contributed by atoms with E-state index in [2.05, 4.69) is 23.2 Å². The normalized spacial score (nSPS) is 18.1. The molecule has 0 aliphatic heterocycles. The van der Waals surface area contributed by atoms with Crippen LogP contribution in [0.4, 0.5) is 0 Å². The number of pyridine rings is 1. The highest BCUT2D eigenvalue weighted by Gasteiger charge is 2.23. The zero-order chi connectivity index (χ0) is 13.5. The van der Waals surface area contributed by atoms with Crippen molar-refractivity contribution in [3.8, 4) is 10.6 Å². The highest BCUT2D eigenvalue weighted by Crippen LogP contribution is 2.38. The predicted molar refractivity (Wildman–Crippen MR) is 80.7 cm³/mol. The van der Waals surface area contributed by atoms with Crippen molar-refractivity contribution < 1.29 is 5.11 Å². The van der Waals surface area contributed by atoms with Crippen molar-refractivity contribution in [3.63, 3.8) is 0 Å². The molecular weight excluding hydrogens is 268 g/mol. The van der Waals surface area contributed by atoms with Gasteiger partial charge in [-0.15, -0.1) is 11.3 Å². The smallest absolute Gasteiger partial charge is 0.123 e. The van der Waals surface area contributed by atoms with Crippen LogP contribution in [0, 0.1) is 0 Å². The summed E-state index contributed by atoms with van der Waals surface area (Å²) < 4.78 is 0. The molecule has 1 aromatic carbocycles. The number of thiazole rings is 1. The highest BCUT2D eigenvalue weighted by atomic mass is 32.1. The van der Waals surface area contributed by atoms with E-state index in [1.165, 1.54) is 0 Å². The van der Waals surface area contributed by atoms with E-state index in [9.17, 15) is 5.11 Å². The Morgan fingerprint density at radius 1 is 1.25 bits per heavy atom. The van der Waals surface area contributed by atoms with Crippen LogP contribution in [0.5, 0.6) is 0 Å². The number of aromatic nitrogens is 2. The van der Waals surface area contributed by atoms with Gasteiger partial charge in [0.25, 0.3) is 0 Å². The van der Waals surface area contributed by atoms with Crippen LogP contribution in [0.15, 0.2) is 36.5 Å². The van der Waals surface area contributed by atoms with E-state index in [-0.39, 0.29) is 6.10 Å². The minimum Gasteiger partial charge on any atom is -0.388 e. The molecule has 0 amide bonds. The van der Waals surface area contributed by atoms with Crippen molar-refractivity contribution in [1.82, 2.24) is 9.97 Å². The molecule has 3 aromatic rings. The van der Waals surface area contributed by atoms with Crippen LogP contribution in [0.1, 0.15) is 29.5 Å². The van der Waals surface area contributed by atoms with Crippen LogP contribution >= 0.6 is 11.3 Å². The van der Waals surface area contributed by atoms with Gasteiger partial charge in [0.1, 0.15) is 5.01 Å². The van der Waals surface area contributed by atoms with Gasteiger partial charge in [-0.25, -0.2) is 4.98 Å². The van der Waals surface area contributed by atoms with Crippen LogP contribution in [0.3, 0.4) is 0 Å². The minimum atomic E-state index is -0.327. The van der Waals surface area contributed by atoms with Gasteiger partial charge in [0.2, 0.25) is 0 Å². The molecule has 3 nitrogen and oxygen atoms in total. The van der Waals surface area contributed by atoms with E-state index in [0.29, 0.717) is 0 Å². The van der Waals surface area contributed by atoms with Crippen molar-refractivity contribution in [3.05, 3.63) is 47.1 Å². The van der Waals surface area contributed by atoms with E-state index in [1.807, 2.05) is 12.1 Å². The number of aryl methyl sites for hydroxylation is 1. The average Bonchev–Trinajstić information content (AvgIpc) is 2.92. The first-order chi connectivity index (χ1) is 9.81. The lowest BCUT2D eigenvalue weighted by Crippen LogP contribution is -2.06. The van der Waals surface area contributed by atoms with Gasteiger partial charge in [-0.3, -0.25) is 4.98 Å². The minimum absolute atomic E-state index is 0.327. The van der Waals surface area contributed by atoms with Crippen molar-refractivity contribution in [1.29, 1.82) is 0 Å². The number of rotatable bonds is 1. The van der Waals surface area contributed by atoms with Gasteiger partial charge in [0.15, 0.2) is 0 Å². The highest BCUT2D eigenvalue weighted by molar-refractivity contribution is 7.15. The number of fused-ring (bicyclic) bond motifs is 2. The molecule has 2 aromatic heterocycles. The first kappa shape index (κ1) is 12.0. The first-order valence-electron chi connectivity index (χ1n) is 6.84. The van der Waals surface area contributed by atoms with Crippen molar-refractivity contribution in [2.75, 3.05) is 0 Å². The molecule has 2 heterocycles. The Balaban J connectivity index is 1.83. The van der Waals surface area contributed by atoms with Gasteiger partial charge in [-0.05, 0) is 43.5 Å². The van der Waals surface area contributed by atoms with Crippen LogP contribution in [0.2, 0.25) is 0 Å². The summed E-state index contributed by atoms with van der Waals surface area (Å²) in [5, 5.41) is 12.2. The summed E-state index contributed by atoms with van der Waals surface area (Å²) in [6.45, 7) is 0. The maximum absolute atomic E-state index is 10.1. The molecule has 1 unspecified atom stereocenters. The van der Waals surface area contributed by atoms with Crippen LogP contribution in [0.25, 0.3) is 21.5 Å². The lowest BCUT2D eigenvalue weighted by atomic mass is 10.0. The molecule has 1 N–H and O–H groups in total. The first-order valence-corrected chi connectivity index (χ1v) is 7.66. The standard InChI is InChI=1S/C16H14N2OS/c19-14-5-1-4-13-15(14)20-16(18-13)11-6-7-12-10(9-11)3-2-8-17-12/h2-3,6-9,14,19H,1,4-5H2. The van der Waals surface area contributed by atoms with E-state index >= 15 is 0 Å². The number of aliphatic hydroxyl groups is 1. The third-order valence-corrected chi connectivity index (χ3v) is 5.02. The zero-order valence-electron chi connectivity index (χ0n) is 10.9. The summed E-state index contributed by atoms with van der Waals surface area (Å²) in [6.07, 6.45) is 4.35. The molecule has 1 aliphatic rings. The van der Waals surface area contributed by atoms with Crippen LogP contribution in [-0.4, -0.2) is 15.1 Å². The van der Waals surface area contributed by atoms with Gasteiger partial charge >= 0.3 is 0 Å². The molecule has 1 atom stereocenters. The quantitative estimate of drug-likeness (QED) is 0.739. The molecule has 1 aliphatic carbocycles. The third-order valence-electron chi connectivity index (χ3n) is 3.77. The largest absolute Gasteiger partial charge is 0.388 e. The molecule has 0 saturated carbocycles. The van der Waals surface area contributed by atoms with Gasteiger partial charge < -0.3 is 5.11 Å². The van der Waals surface area contributed by atoms with E-state index in [1.54, 1.807) is 17.5 Å². The number of hydrogen-bond donors (Lipinski definition) is 1. The van der Waals surface area contributed by atoms with Gasteiger partial charge in [0, 0.05) is 17.1 Å². The zero-order valence-corrected chi connectivity index (χ0v) is 11.7. The lowest BCUT2D eigenvalue weighted by Gasteiger charge is -2.14. The van der Waals surface area contributed by atoms with Gasteiger partial charge in [0.05, 0.1) is 22.2 Å². The van der Waals surface area contributed by atoms with Gasteiger partial charge in [-0.2, -0.15) is 0 Å². The molecule has 100 valence electrons. The molecule has 4 heteroatoms. The number of hydrogen-bond acceptors (Lipinski definition) is 4. The number of benzene rings is 1. The Hall–Kier alpha value is -1.78. The topological polar surface area (TPSA) is 46.0 Å². The Kier molecular flexibility index (Phi) is 2.79. The summed E-state index contributed by atoms with van der Waals surface area (Å²) >= 11 is 1.62. The number of nitrogens with zero attached hydrogens (tertiary/aromatic N) is 2. The average molecular weight is 282 g/mol. The predicted octanol–water partition coefficient (Wildman–Crippen LogP) is 3.73. The fourth-order valence-corrected chi connectivity index (χ4v) is 3.86. The van der Waals surface area contributed by atoms with E-state index in [0.717, 1.165) is 51.3 Å². The maximum Gasteiger partial charge on any atom is 0.123 e. The molecule has 0 saturated heterocycles. The Morgan fingerprint density at radius 3 is 3.10 bits per heavy atom. The maximum atomic E-state index is 10.1. The summed E-state index contributed by atoms with van der Waals surface area (Å²) in [7, 11) is 0. The lowest BCUT2D eigenvalue weighted by molar-refractivity contribution is 0.160. The molecule has 0 radical (unpaired) electrons. The molecular formula is C16H14N2OS. The summed E-state index contributed by atoms with van der Waals surface area (Å²) in [4.78, 5) is 10.1. The summed E-state index contributed by atoms with van der Waals surface area (Å²) in [5.74, 6) is 0. The second kappa shape index (κ2) is 4.65. The van der Waals surface area contributed by atoms with Gasteiger partial charge in [-0.1, -0.05) is 6.07 Å². The fraction of sp³-hybridized carbons (Fsp3) is 0.250. The summed E-state index contributed by atoms with van der Waals surface area (Å²) in [6, 6.07) is 10.2. The molecule has 4 rings (SSSR count). The van der Waals surface area contributed by atoms with E-state index < -0.39 is 0 Å². The fourth-order valence-electron chi connectivity index (χ4n) is 2.73. The molecule has 20 heavy (non-hydrogen) atoms. The Morgan fingerprint density at radius 2 is 2.20 bits per heavy atom. The summed E-state index contributed by atoms with van der Waals surface area (Å²) in [5.41, 5.74) is 3.18. The Labute approximate surface area is 120 Å². The van der Waals surface area contributed by atoms with Crippen LogP contribution < -0.4 is 0 Å². The Bertz CT molecular complexity index is 781. The molecule has 0 spiro atoms. The SMILES string of the molecule is OC1CCCc2nc(-c3ccc4ncccc4c3)sc21. The van der Waals surface area contributed by atoms with Crippen LogP contribution in [-0.2, 0) is 6.42 Å².